The van der Waals surface area contributed by atoms with Crippen molar-refractivity contribution in [3.8, 4) is 0 Å². The van der Waals surface area contributed by atoms with E-state index in [9.17, 15) is 0 Å². The lowest BCUT2D eigenvalue weighted by atomic mass is 9.67. The van der Waals surface area contributed by atoms with Crippen LogP contribution in [0.3, 0.4) is 0 Å². The van der Waals surface area contributed by atoms with Gasteiger partial charge in [-0.2, -0.15) is 0 Å². The highest BCUT2D eigenvalue weighted by Crippen LogP contribution is 2.44. The lowest BCUT2D eigenvalue weighted by Gasteiger charge is -2.38. The van der Waals surface area contributed by atoms with E-state index in [1.165, 1.54) is 56.9 Å². The molecule has 0 amide bonds. The molecule has 1 aromatic carbocycles. The number of anilines is 1. The Morgan fingerprint density at radius 2 is 1.32 bits per heavy atom. The van der Waals surface area contributed by atoms with Gasteiger partial charge in [-0.1, -0.05) is 38.8 Å². The third-order valence-electron chi connectivity index (χ3n) is 6.73. The van der Waals surface area contributed by atoms with Gasteiger partial charge in [0.2, 0.25) is 0 Å². The molecule has 0 aromatic heterocycles. The highest BCUT2D eigenvalue weighted by atomic mass is 14.5. The Morgan fingerprint density at radius 1 is 0.818 bits per heavy atom. The van der Waals surface area contributed by atoms with Gasteiger partial charge in [-0.3, -0.25) is 0 Å². The molecule has 1 aromatic rings. The van der Waals surface area contributed by atoms with E-state index in [4.69, 9.17) is 5.73 Å². The van der Waals surface area contributed by atoms with E-state index in [0.29, 0.717) is 0 Å². The van der Waals surface area contributed by atoms with E-state index in [1.54, 1.807) is 0 Å². The highest BCUT2D eigenvalue weighted by Gasteiger charge is 2.31. The number of rotatable bonds is 3. The first kappa shape index (κ1) is 15.9. The second-order valence-electron chi connectivity index (χ2n) is 8.16. The summed E-state index contributed by atoms with van der Waals surface area (Å²) in [6.45, 7) is 4.98. The predicted octanol–water partition coefficient (Wildman–Crippen LogP) is 6.01. The summed E-state index contributed by atoms with van der Waals surface area (Å²) in [6, 6.07) is 8.61. The largest absolute Gasteiger partial charge is 0.399 e. The van der Waals surface area contributed by atoms with E-state index >= 15 is 0 Å². The van der Waals surface area contributed by atoms with Crippen LogP contribution in [0, 0.1) is 23.7 Å². The van der Waals surface area contributed by atoms with Crippen molar-refractivity contribution in [2.75, 3.05) is 5.73 Å². The van der Waals surface area contributed by atoms with Gasteiger partial charge in [0.15, 0.2) is 0 Å². The summed E-state index contributed by atoms with van der Waals surface area (Å²) in [5, 5.41) is 0. The van der Waals surface area contributed by atoms with Crippen molar-refractivity contribution in [1.82, 2.24) is 0 Å². The smallest absolute Gasteiger partial charge is 0.0314 e. The van der Waals surface area contributed by atoms with E-state index in [0.717, 1.165) is 35.3 Å². The van der Waals surface area contributed by atoms with Crippen LogP contribution in [0.15, 0.2) is 24.3 Å². The average Bonchev–Trinajstić information content (AvgIpc) is 2.56. The van der Waals surface area contributed by atoms with Gasteiger partial charge in [-0.15, -0.1) is 0 Å². The third kappa shape index (κ3) is 3.67. The summed E-state index contributed by atoms with van der Waals surface area (Å²) in [7, 11) is 0. The molecule has 122 valence electrons. The fourth-order valence-corrected chi connectivity index (χ4v) is 4.94. The van der Waals surface area contributed by atoms with Crippen molar-refractivity contribution in [2.24, 2.45) is 23.7 Å². The van der Waals surface area contributed by atoms with Crippen molar-refractivity contribution in [3.63, 3.8) is 0 Å². The van der Waals surface area contributed by atoms with Gasteiger partial charge >= 0.3 is 0 Å². The first-order chi connectivity index (χ1) is 10.6. The molecule has 2 saturated carbocycles. The molecular weight excluding hydrogens is 266 g/mol. The minimum atomic E-state index is 0.774. The molecule has 2 fully saturated rings. The monoisotopic (exact) mass is 299 g/mol. The Morgan fingerprint density at radius 3 is 1.86 bits per heavy atom. The maximum absolute atomic E-state index is 5.81. The summed E-state index contributed by atoms with van der Waals surface area (Å²) in [4.78, 5) is 0. The van der Waals surface area contributed by atoms with E-state index in [-0.39, 0.29) is 0 Å². The summed E-state index contributed by atoms with van der Waals surface area (Å²) in [5.41, 5.74) is 8.20. The van der Waals surface area contributed by atoms with Gasteiger partial charge in [0, 0.05) is 5.69 Å². The molecule has 0 saturated heterocycles. The molecule has 0 bridgehead atoms. The van der Waals surface area contributed by atoms with Crippen LogP contribution in [0.2, 0.25) is 0 Å². The van der Waals surface area contributed by atoms with E-state index < -0.39 is 0 Å². The number of hydrogen-bond donors (Lipinski definition) is 1. The summed E-state index contributed by atoms with van der Waals surface area (Å²) < 4.78 is 0. The lowest BCUT2D eigenvalue weighted by molar-refractivity contribution is 0.138. The minimum Gasteiger partial charge on any atom is -0.399 e. The molecule has 0 heterocycles. The maximum Gasteiger partial charge on any atom is 0.0314 e. The van der Waals surface area contributed by atoms with Crippen LogP contribution in [0.25, 0.3) is 0 Å². The minimum absolute atomic E-state index is 0.774. The van der Waals surface area contributed by atoms with Gasteiger partial charge < -0.3 is 5.73 Å². The first-order valence-electron chi connectivity index (χ1n) is 9.49. The normalized spacial score (nSPS) is 34.3. The summed E-state index contributed by atoms with van der Waals surface area (Å²) in [6.07, 6.45) is 11.5. The standard InChI is InChI=1S/C21H33N/c1-15-3-5-17(6-4-15)16(2)18-7-9-19(10-8-18)20-11-13-21(22)14-12-20/h11-19H,3-10,22H2,1-2H3. The van der Waals surface area contributed by atoms with Crippen LogP contribution in [0.5, 0.6) is 0 Å². The van der Waals surface area contributed by atoms with Crippen LogP contribution in [0.4, 0.5) is 5.69 Å². The van der Waals surface area contributed by atoms with Crippen LogP contribution in [-0.2, 0) is 0 Å². The lowest BCUT2D eigenvalue weighted by Crippen LogP contribution is -2.27. The molecule has 1 nitrogen and oxygen atoms in total. The molecular formula is C21H33N. The van der Waals surface area contributed by atoms with Gasteiger partial charge in [0.1, 0.15) is 0 Å². The maximum atomic E-state index is 5.81. The van der Waals surface area contributed by atoms with Crippen LogP contribution in [-0.4, -0.2) is 0 Å². The molecule has 1 unspecified atom stereocenters. The third-order valence-corrected chi connectivity index (χ3v) is 6.73. The van der Waals surface area contributed by atoms with Crippen LogP contribution >= 0.6 is 0 Å². The Balaban J connectivity index is 1.51. The number of hydrogen-bond acceptors (Lipinski definition) is 1. The Hall–Kier alpha value is -0.980. The zero-order chi connectivity index (χ0) is 15.5. The van der Waals surface area contributed by atoms with Crippen molar-refractivity contribution < 1.29 is 0 Å². The fourth-order valence-electron chi connectivity index (χ4n) is 4.94. The van der Waals surface area contributed by atoms with E-state index in [1.807, 2.05) is 0 Å². The highest BCUT2D eigenvalue weighted by molar-refractivity contribution is 5.40. The van der Waals surface area contributed by atoms with Crippen molar-refractivity contribution in [2.45, 2.75) is 71.1 Å². The Labute approximate surface area is 136 Å². The zero-order valence-corrected chi connectivity index (χ0v) is 14.4. The van der Waals surface area contributed by atoms with Gasteiger partial charge in [0.25, 0.3) is 0 Å². The second-order valence-corrected chi connectivity index (χ2v) is 8.16. The molecule has 0 spiro atoms. The SMILES string of the molecule is CC1CCC(C(C)C2CCC(c3ccc(N)cc3)CC2)CC1. The second kappa shape index (κ2) is 7.06. The summed E-state index contributed by atoms with van der Waals surface area (Å²) in [5.74, 6) is 4.68. The molecule has 1 heteroatoms. The number of benzene rings is 1. The fraction of sp³-hybridized carbons (Fsp3) is 0.714. The van der Waals surface area contributed by atoms with Gasteiger partial charge in [0.05, 0.1) is 0 Å². The van der Waals surface area contributed by atoms with Crippen molar-refractivity contribution in [1.29, 1.82) is 0 Å². The van der Waals surface area contributed by atoms with Gasteiger partial charge in [-0.05, 0) is 85.8 Å². The average molecular weight is 300 g/mol. The summed E-state index contributed by atoms with van der Waals surface area (Å²) >= 11 is 0. The van der Waals surface area contributed by atoms with Crippen LogP contribution in [0.1, 0.15) is 76.7 Å². The molecule has 0 radical (unpaired) electrons. The number of nitrogen functional groups attached to an aromatic ring is 1. The predicted molar refractivity (Wildman–Crippen MR) is 95.8 cm³/mol. The Bertz CT molecular complexity index is 447. The zero-order valence-electron chi connectivity index (χ0n) is 14.4. The van der Waals surface area contributed by atoms with Crippen molar-refractivity contribution in [3.05, 3.63) is 29.8 Å². The van der Waals surface area contributed by atoms with E-state index in [2.05, 4.69) is 38.1 Å². The molecule has 1 atom stereocenters. The number of nitrogens with two attached hydrogens (primary N) is 1. The molecule has 22 heavy (non-hydrogen) atoms. The molecule has 2 aliphatic rings. The topological polar surface area (TPSA) is 26.0 Å². The molecule has 2 N–H and O–H groups in total. The quantitative estimate of drug-likeness (QED) is 0.680. The molecule has 0 aliphatic heterocycles. The van der Waals surface area contributed by atoms with Crippen LogP contribution < -0.4 is 5.73 Å². The van der Waals surface area contributed by atoms with Gasteiger partial charge in [-0.25, -0.2) is 0 Å². The van der Waals surface area contributed by atoms with Crippen molar-refractivity contribution >= 4 is 5.69 Å². The molecule has 2 aliphatic carbocycles. The first-order valence-corrected chi connectivity index (χ1v) is 9.49. The molecule has 3 rings (SSSR count). The Kier molecular flexibility index (Phi) is 5.10.